The second kappa shape index (κ2) is 6.11. The third-order valence-electron chi connectivity index (χ3n) is 4.14. The van der Waals surface area contributed by atoms with Crippen LogP contribution in [0.3, 0.4) is 0 Å². The van der Waals surface area contributed by atoms with Crippen molar-refractivity contribution in [2.24, 2.45) is 11.8 Å². The van der Waals surface area contributed by atoms with E-state index in [2.05, 4.69) is 5.32 Å². The number of nitrogens with zero attached hydrogens (tertiary/aromatic N) is 2. The summed E-state index contributed by atoms with van der Waals surface area (Å²) < 4.78 is 0. The second-order valence-corrected chi connectivity index (χ2v) is 5.54. The molecule has 0 aromatic heterocycles. The molecule has 1 unspecified atom stereocenters. The van der Waals surface area contributed by atoms with Crippen molar-refractivity contribution in [2.75, 3.05) is 32.7 Å². The van der Waals surface area contributed by atoms with Crippen LogP contribution in [0.1, 0.15) is 19.8 Å². The summed E-state index contributed by atoms with van der Waals surface area (Å²) in [4.78, 5) is 37.6. The van der Waals surface area contributed by atoms with Crippen LogP contribution < -0.4 is 5.32 Å². The fourth-order valence-electron chi connectivity index (χ4n) is 2.54. The van der Waals surface area contributed by atoms with Crippen molar-refractivity contribution >= 4 is 17.9 Å². The lowest BCUT2D eigenvalue weighted by atomic mass is 9.87. The minimum atomic E-state index is -0.834. The molecule has 2 aliphatic rings. The van der Waals surface area contributed by atoms with Crippen molar-refractivity contribution in [3.05, 3.63) is 0 Å². The Morgan fingerprint density at radius 2 is 1.80 bits per heavy atom. The molecule has 2 heterocycles. The molecule has 20 heavy (non-hydrogen) atoms. The average Bonchev–Trinajstić information content (AvgIpc) is 2.87. The van der Waals surface area contributed by atoms with Crippen molar-refractivity contribution in [3.8, 4) is 0 Å². The van der Waals surface area contributed by atoms with Crippen LogP contribution in [0.15, 0.2) is 0 Å². The van der Waals surface area contributed by atoms with Gasteiger partial charge < -0.3 is 20.2 Å². The van der Waals surface area contributed by atoms with E-state index in [0.29, 0.717) is 13.1 Å². The van der Waals surface area contributed by atoms with Crippen molar-refractivity contribution in [1.29, 1.82) is 0 Å². The van der Waals surface area contributed by atoms with E-state index in [0.717, 1.165) is 25.9 Å². The van der Waals surface area contributed by atoms with Crippen LogP contribution in [0.5, 0.6) is 0 Å². The van der Waals surface area contributed by atoms with Gasteiger partial charge in [-0.25, -0.2) is 4.79 Å². The van der Waals surface area contributed by atoms with Gasteiger partial charge in [0.2, 0.25) is 5.91 Å². The van der Waals surface area contributed by atoms with E-state index in [-0.39, 0.29) is 24.4 Å². The molecule has 0 aromatic rings. The molecule has 112 valence electrons. The minimum absolute atomic E-state index is 0.00698. The molecule has 2 aliphatic heterocycles. The lowest BCUT2D eigenvalue weighted by Crippen LogP contribution is -2.57. The zero-order chi connectivity index (χ0) is 14.7. The van der Waals surface area contributed by atoms with Gasteiger partial charge >= 0.3 is 12.0 Å². The molecule has 0 spiro atoms. The summed E-state index contributed by atoms with van der Waals surface area (Å²) >= 11 is 0. The number of hydrogen-bond donors (Lipinski definition) is 2. The van der Waals surface area contributed by atoms with Gasteiger partial charge in [0.05, 0.1) is 12.5 Å². The van der Waals surface area contributed by atoms with Crippen LogP contribution in [0, 0.1) is 11.8 Å². The van der Waals surface area contributed by atoms with E-state index in [9.17, 15) is 14.4 Å². The number of rotatable bonds is 4. The Morgan fingerprint density at radius 3 is 2.35 bits per heavy atom. The molecule has 7 heteroatoms. The number of carbonyl (C=O) groups excluding carboxylic acids is 2. The van der Waals surface area contributed by atoms with E-state index in [1.807, 2.05) is 0 Å². The molecule has 2 N–H and O–H groups in total. The summed E-state index contributed by atoms with van der Waals surface area (Å²) in [6.45, 7) is 4.11. The number of hydrogen-bond acceptors (Lipinski definition) is 3. The summed E-state index contributed by atoms with van der Waals surface area (Å²) in [5.41, 5.74) is 0. The minimum Gasteiger partial charge on any atom is -0.481 e. The number of carboxylic acids is 1. The number of carboxylic acid groups (broad SMARTS) is 1. The third-order valence-corrected chi connectivity index (χ3v) is 4.14. The highest BCUT2D eigenvalue weighted by Gasteiger charge is 2.37. The Bertz CT molecular complexity index is 400. The van der Waals surface area contributed by atoms with E-state index in [1.165, 1.54) is 0 Å². The average molecular weight is 283 g/mol. The maximum absolute atomic E-state index is 11.8. The number of likely N-dealkylation sites (tertiary alicyclic amines) is 2. The summed E-state index contributed by atoms with van der Waals surface area (Å²) in [6, 6.07) is -0.286. The van der Waals surface area contributed by atoms with Gasteiger partial charge in [-0.15, -0.1) is 0 Å². The molecular formula is C13H21N3O4. The van der Waals surface area contributed by atoms with Crippen molar-refractivity contribution < 1.29 is 19.5 Å². The van der Waals surface area contributed by atoms with Crippen molar-refractivity contribution in [2.45, 2.75) is 19.8 Å². The lowest BCUT2D eigenvalue weighted by Gasteiger charge is -2.41. The standard InChI is InChI=1S/C13H21N3O4/c1-9(12(18)19)10-7-16(8-10)13(20)14-6-11(17)15-4-2-3-5-15/h9-10H,2-8H2,1H3,(H,14,20)(H,18,19). The quantitative estimate of drug-likeness (QED) is 0.758. The number of nitrogens with one attached hydrogen (secondary N) is 1. The van der Waals surface area contributed by atoms with Crippen molar-refractivity contribution in [1.82, 2.24) is 15.1 Å². The maximum atomic E-state index is 11.8. The first-order chi connectivity index (χ1) is 9.49. The van der Waals surface area contributed by atoms with Gasteiger partial charge in [0.25, 0.3) is 0 Å². The zero-order valence-electron chi connectivity index (χ0n) is 11.7. The number of aliphatic carboxylic acids is 1. The van der Waals surface area contributed by atoms with Gasteiger partial charge in [0.15, 0.2) is 0 Å². The van der Waals surface area contributed by atoms with E-state index in [1.54, 1.807) is 16.7 Å². The fraction of sp³-hybridized carbons (Fsp3) is 0.769. The molecule has 7 nitrogen and oxygen atoms in total. The van der Waals surface area contributed by atoms with Crippen LogP contribution in [0.4, 0.5) is 4.79 Å². The number of amides is 3. The van der Waals surface area contributed by atoms with Crippen molar-refractivity contribution in [3.63, 3.8) is 0 Å². The molecule has 0 bridgehead atoms. The SMILES string of the molecule is CC(C(=O)O)C1CN(C(=O)NCC(=O)N2CCCC2)C1. The highest BCUT2D eigenvalue weighted by atomic mass is 16.4. The van der Waals surface area contributed by atoms with E-state index >= 15 is 0 Å². The topological polar surface area (TPSA) is 90.0 Å². The molecule has 2 saturated heterocycles. The Morgan fingerprint density at radius 1 is 1.20 bits per heavy atom. The van der Waals surface area contributed by atoms with Crippen LogP contribution >= 0.6 is 0 Å². The summed E-state index contributed by atoms with van der Waals surface area (Å²) in [6.07, 6.45) is 2.06. The van der Waals surface area contributed by atoms with E-state index < -0.39 is 11.9 Å². The first-order valence-corrected chi connectivity index (χ1v) is 7.02. The molecule has 2 fully saturated rings. The molecule has 1 atom stereocenters. The molecule has 0 aromatic carbocycles. The number of urea groups is 1. The van der Waals surface area contributed by atoms with Gasteiger partial charge in [-0.3, -0.25) is 9.59 Å². The Kier molecular flexibility index (Phi) is 4.46. The molecule has 0 saturated carbocycles. The van der Waals surface area contributed by atoms with Gasteiger partial charge in [-0.1, -0.05) is 6.92 Å². The zero-order valence-corrected chi connectivity index (χ0v) is 11.7. The van der Waals surface area contributed by atoms with Crippen LogP contribution in [-0.4, -0.2) is 65.5 Å². The third kappa shape index (κ3) is 3.20. The van der Waals surface area contributed by atoms with E-state index in [4.69, 9.17) is 5.11 Å². The van der Waals surface area contributed by atoms with Gasteiger partial charge in [-0.05, 0) is 12.8 Å². The summed E-state index contributed by atoms with van der Waals surface area (Å²) in [5, 5.41) is 11.5. The molecule has 3 amide bonds. The Labute approximate surface area is 117 Å². The second-order valence-electron chi connectivity index (χ2n) is 5.54. The Hall–Kier alpha value is -1.79. The molecule has 2 rings (SSSR count). The van der Waals surface area contributed by atoms with Gasteiger partial charge in [-0.2, -0.15) is 0 Å². The van der Waals surface area contributed by atoms with Gasteiger partial charge in [0.1, 0.15) is 0 Å². The summed E-state index contributed by atoms with van der Waals surface area (Å²) in [7, 11) is 0. The maximum Gasteiger partial charge on any atom is 0.317 e. The monoisotopic (exact) mass is 283 g/mol. The first kappa shape index (κ1) is 14.6. The van der Waals surface area contributed by atoms with Crippen LogP contribution in [0.25, 0.3) is 0 Å². The Balaban J connectivity index is 1.67. The molecule has 0 radical (unpaired) electrons. The fourth-order valence-corrected chi connectivity index (χ4v) is 2.54. The lowest BCUT2D eigenvalue weighted by molar-refractivity contribution is -0.144. The predicted molar refractivity (Wildman–Crippen MR) is 71.1 cm³/mol. The first-order valence-electron chi connectivity index (χ1n) is 7.02. The predicted octanol–water partition coefficient (Wildman–Crippen LogP) is -0.0291. The van der Waals surface area contributed by atoms with Crippen LogP contribution in [0.2, 0.25) is 0 Å². The molecular weight excluding hydrogens is 262 g/mol. The highest BCUT2D eigenvalue weighted by Crippen LogP contribution is 2.23. The highest BCUT2D eigenvalue weighted by molar-refractivity contribution is 5.84. The smallest absolute Gasteiger partial charge is 0.317 e. The summed E-state index contributed by atoms with van der Waals surface area (Å²) in [5.74, 6) is -1.32. The molecule has 0 aliphatic carbocycles. The normalized spacial score (nSPS) is 20.4. The largest absolute Gasteiger partial charge is 0.481 e. The van der Waals surface area contributed by atoms with Gasteiger partial charge in [0, 0.05) is 32.1 Å². The number of carbonyl (C=O) groups is 3. The van der Waals surface area contributed by atoms with Crippen LogP contribution in [-0.2, 0) is 9.59 Å².